The SMILES string of the molecule is C=C1C(=O)O[C@H]2C/C(C)=C/CC/C(C)=C/[C@H](O)[C@H]12. The van der Waals surface area contributed by atoms with Crippen molar-refractivity contribution in [3.05, 3.63) is 35.5 Å². The molecule has 2 rings (SSSR count). The molecule has 0 saturated carbocycles. The summed E-state index contributed by atoms with van der Waals surface area (Å²) in [6.07, 6.45) is 5.64. The van der Waals surface area contributed by atoms with Crippen molar-refractivity contribution in [2.75, 3.05) is 0 Å². The number of carbonyl (C=O) groups is 1. The molecule has 1 fully saturated rings. The van der Waals surface area contributed by atoms with Gasteiger partial charge >= 0.3 is 5.97 Å². The summed E-state index contributed by atoms with van der Waals surface area (Å²) < 4.78 is 5.32. The van der Waals surface area contributed by atoms with E-state index in [1.807, 2.05) is 19.9 Å². The lowest BCUT2D eigenvalue weighted by atomic mass is 9.86. The lowest BCUT2D eigenvalue weighted by molar-refractivity contribution is -0.139. The summed E-state index contributed by atoms with van der Waals surface area (Å²) in [4.78, 5) is 11.6. The second-order valence-corrected chi connectivity index (χ2v) is 5.29. The van der Waals surface area contributed by atoms with Crippen LogP contribution in [0.4, 0.5) is 0 Å². The lowest BCUT2D eigenvalue weighted by Crippen LogP contribution is -2.28. The molecule has 0 spiro atoms. The molecular weight excluding hydrogens is 228 g/mol. The number of ether oxygens (including phenoxy) is 1. The lowest BCUT2D eigenvalue weighted by Gasteiger charge is -2.22. The smallest absolute Gasteiger partial charge is 0.334 e. The monoisotopic (exact) mass is 248 g/mol. The largest absolute Gasteiger partial charge is 0.458 e. The van der Waals surface area contributed by atoms with Gasteiger partial charge in [-0.3, -0.25) is 0 Å². The number of allylic oxidation sites excluding steroid dienone is 2. The van der Waals surface area contributed by atoms with E-state index in [1.54, 1.807) is 0 Å². The number of aliphatic hydroxyl groups is 1. The number of rotatable bonds is 0. The third-order valence-electron chi connectivity index (χ3n) is 3.70. The van der Waals surface area contributed by atoms with Crippen LogP contribution in [0, 0.1) is 5.92 Å². The van der Waals surface area contributed by atoms with Gasteiger partial charge in [0.1, 0.15) is 6.10 Å². The summed E-state index contributed by atoms with van der Waals surface area (Å²) in [5, 5.41) is 10.3. The van der Waals surface area contributed by atoms with Crippen LogP contribution in [0.25, 0.3) is 0 Å². The van der Waals surface area contributed by atoms with Gasteiger partial charge < -0.3 is 9.84 Å². The molecule has 0 unspecified atom stereocenters. The van der Waals surface area contributed by atoms with Crippen LogP contribution in [-0.2, 0) is 9.53 Å². The Morgan fingerprint density at radius 2 is 2.11 bits per heavy atom. The molecule has 1 saturated heterocycles. The Balaban J connectivity index is 2.32. The average molecular weight is 248 g/mol. The molecule has 0 radical (unpaired) electrons. The van der Waals surface area contributed by atoms with Gasteiger partial charge in [0, 0.05) is 12.0 Å². The van der Waals surface area contributed by atoms with Gasteiger partial charge in [0.2, 0.25) is 0 Å². The zero-order chi connectivity index (χ0) is 13.3. The average Bonchev–Trinajstić information content (AvgIpc) is 2.53. The highest BCUT2D eigenvalue weighted by molar-refractivity contribution is 5.91. The van der Waals surface area contributed by atoms with Gasteiger partial charge in [-0.1, -0.05) is 29.9 Å². The van der Waals surface area contributed by atoms with E-state index in [4.69, 9.17) is 4.74 Å². The minimum absolute atomic E-state index is 0.279. The molecule has 18 heavy (non-hydrogen) atoms. The van der Waals surface area contributed by atoms with Gasteiger partial charge in [0.15, 0.2) is 0 Å². The normalized spacial score (nSPS) is 39.2. The third-order valence-corrected chi connectivity index (χ3v) is 3.70. The van der Waals surface area contributed by atoms with Crippen molar-refractivity contribution in [1.29, 1.82) is 0 Å². The summed E-state index contributed by atoms with van der Waals surface area (Å²) in [6, 6.07) is 0. The van der Waals surface area contributed by atoms with E-state index < -0.39 is 6.10 Å². The van der Waals surface area contributed by atoms with Gasteiger partial charge in [-0.05, 0) is 26.7 Å². The van der Waals surface area contributed by atoms with E-state index in [0.717, 1.165) is 18.4 Å². The molecule has 1 heterocycles. The molecule has 1 N–H and O–H groups in total. The molecule has 0 amide bonds. The summed E-state index contributed by atoms with van der Waals surface area (Å²) in [6.45, 7) is 7.81. The molecule has 0 aromatic carbocycles. The molecule has 3 heteroatoms. The maximum absolute atomic E-state index is 11.6. The molecule has 0 bridgehead atoms. The predicted octanol–water partition coefficient (Wildman–Crippen LogP) is 2.52. The van der Waals surface area contributed by atoms with E-state index in [-0.39, 0.29) is 18.0 Å². The maximum atomic E-state index is 11.6. The van der Waals surface area contributed by atoms with Crippen LogP contribution in [-0.4, -0.2) is 23.3 Å². The number of carbonyl (C=O) groups excluding carboxylic acids is 1. The number of hydrogen-bond donors (Lipinski definition) is 1. The van der Waals surface area contributed by atoms with Crippen LogP contribution in [0.2, 0.25) is 0 Å². The van der Waals surface area contributed by atoms with Crippen molar-refractivity contribution in [3.63, 3.8) is 0 Å². The fourth-order valence-corrected chi connectivity index (χ4v) is 2.67. The predicted molar refractivity (Wildman–Crippen MR) is 69.9 cm³/mol. The maximum Gasteiger partial charge on any atom is 0.334 e. The van der Waals surface area contributed by atoms with Crippen LogP contribution in [0.3, 0.4) is 0 Å². The van der Waals surface area contributed by atoms with Crippen molar-refractivity contribution in [2.24, 2.45) is 5.92 Å². The van der Waals surface area contributed by atoms with Crippen molar-refractivity contribution in [1.82, 2.24) is 0 Å². The van der Waals surface area contributed by atoms with Gasteiger partial charge in [0.05, 0.1) is 12.0 Å². The fraction of sp³-hybridized carbons (Fsp3) is 0.533. The molecule has 1 aliphatic carbocycles. The summed E-state index contributed by atoms with van der Waals surface area (Å²) >= 11 is 0. The zero-order valence-electron chi connectivity index (χ0n) is 11.0. The van der Waals surface area contributed by atoms with Gasteiger partial charge in [-0.2, -0.15) is 0 Å². The van der Waals surface area contributed by atoms with Crippen molar-refractivity contribution < 1.29 is 14.6 Å². The molecule has 3 nitrogen and oxygen atoms in total. The first kappa shape index (κ1) is 13.1. The minimum atomic E-state index is -0.681. The van der Waals surface area contributed by atoms with Crippen LogP contribution < -0.4 is 0 Å². The highest BCUT2D eigenvalue weighted by Gasteiger charge is 2.42. The Bertz CT molecular complexity index is 431. The molecule has 2 aliphatic rings. The summed E-state index contributed by atoms with van der Waals surface area (Å²) in [7, 11) is 0. The van der Waals surface area contributed by atoms with Gasteiger partial charge in [0.25, 0.3) is 0 Å². The number of esters is 1. The molecule has 0 aromatic rings. The topological polar surface area (TPSA) is 46.5 Å². The van der Waals surface area contributed by atoms with E-state index in [0.29, 0.717) is 12.0 Å². The molecule has 1 aliphatic heterocycles. The Morgan fingerprint density at radius 1 is 1.39 bits per heavy atom. The van der Waals surface area contributed by atoms with Crippen LogP contribution in [0.1, 0.15) is 33.1 Å². The summed E-state index contributed by atoms with van der Waals surface area (Å²) in [5.74, 6) is -0.684. The van der Waals surface area contributed by atoms with Crippen molar-refractivity contribution >= 4 is 5.97 Å². The standard InChI is InChI=1S/C15H20O3/c1-9-5-4-6-10(2)8-13-14(12(16)7-9)11(3)15(17)18-13/h6-7,12-14,16H,3-5,8H2,1-2H3/b9-7+,10-6+/t12-,13-,14-/m0/s1. The third kappa shape index (κ3) is 2.56. The van der Waals surface area contributed by atoms with E-state index in [2.05, 4.69) is 12.7 Å². The summed E-state index contributed by atoms with van der Waals surface area (Å²) in [5.41, 5.74) is 2.73. The minimum Gasteiger partial charge on any atom is -0.458 e. The second-order valence-electron chi connectivity index (χ2n) is 5.29. The fourth-order valence-electron chi connectivity index (χ4n) is 2.67. The van der Waals surface area contributed by atoms with E-state index in [1.165, 1.54) is 5.57 Å². The quantitative estimate of drug-likeness (QED) is 0.407. The van der Waals surface area contributed by atoms with Gasteiger partial charge in [-0.15, -0.1) is 0 Å². The first-order valence-corrected chi connectivity index (χ1v) is 6.40. The van der Waals surface area contributed by atoms with Crippen molar-refractivity contribution in [2.45, 2.75) is 45.3 Å². The number of fused-ring (bicyclic) bond motifs is 1. The zero-order valence-corrected chi connectivity index (χ0v) is 11.0. The Labute approximate surface area is 108 Å². The Morgan fingerprint density at radius 3 is 2.83 bits per heavy atom. The Kier molecular flexibility index (Phi) is 3.71. The van der Waals surface area contributed by atoms with E-state index >= 15 is 0 Å². The number of hydrogen-bond acceptors (Lipinski definition) is 3. The first-order chi connectivity index (χ1) is 8.49. The highest BCUT2D eigenvalue weighted by Crippen LogP contribution is 2.34. The van der Waals surface area contributed by atoms with Crippen molar-refractivity contribution in [3.8, 4) is 0 Å². The molecule has 98 valence electrons. The van der Waals surface area contributed by atoms with Gasteiger partial charge in [-0.25, -0.2) is 4.79 Å². The van der Waals surface area contributed by atoms with Crippen LogP contribution >= 0.6 is 0 Å². The Hall–Kier alpha value is -1.35. The second kappa shape index (κ2) is 5.11. The highest BCUT2D eigenvalue weighted by atomic mass is 16.6. The van der Waals surface area contributed by atoms with E-state index in [9.17, 15) is 9.90 Å². The van der Waals surface area contributed by atoms with Crippen LogP contribution in [0.5, 0.6) is 0 Å². The molecular formula is C15H20O3. The molecule has 3 atom stereocenters. The molecule has 0 aromatic heterocycles. The first-order valence-electron chi connectivity index (χ1n) is 6.40. The van der Waals surface area contributed by atoms with Crippen LogP contribution in [0.15, 0.2) is 35.5 Å². The number of aliphatic hydroxyl groups excluding tert-OH is 1.